The number of nitrogens with two attached hydrogens (primary N) is 2. The molecule has 2 aliphatic rings. The fraction of sp³-hybridized carbons (Fsp3) is 0.579. The first-order chi connectivity index (χ1) is 10.2. The van der Waals surface area contributed by atoms with Gasteiger partial charge in [0, 0.05) is 11.5 Å². The van der Waals surface area contributed by atoms with Gasteiger partial charge in [0.2, 0.25) is 0 Å². The van der Waals surface area contributed by atoms with Crippen molar-refractivity contribution in [1.82, 2.24) is 0 Å². The molecule has 2 aliphatic carbocycles. The van der Waals surface area contributed by atoms with Crippen molar-refractivity contribution in [2.45, 2.75) is 51.4 Å². The number of anilines is 2. The first kappa shape index (κ1) is 14.3. The van der Waals surface area contributed by atoms with Crippen molar-refractivity contribution in [3.8, 4) is 11.8 Å². The summed E-state index contributed by atoms with van der Waals surface area (Å²) in [6.07, 6.45) is 11.2. The molecule has 112 valence electrons. The highest BCUT2D eigenvalue weighted by molar-refractivity contribution is 5.65. The lowest BCUT2D eigenvalue weighted by atomic mass is 9.74. The molecule has 4 N–H and O–H groups in total. The standard InChI is InChI=1S/C19H26N2/c20-18-11-10-15(13-19(18)21)9-8-14-4-3-7-17(12-14)16-5-1-2-6-16/h10-11,13-14,16-17H,1-7,12,20-21H2/t14-,17+/m0/s1. The summed E-state index contributed by atoms with van der Waals surface area (Å²) in [6.45, 7) is 0. The minimum Gasteiger partial charge on any atom is -0.397 e. The van der Waals surface area contributed by atoms with Gasteiger partial charge in [0.25, 0.3) is 0 Å². The molecule has 1 aromatic carbocycles. The Balaban J connectivity index is 1.64. The van der Waals surface area contributed by atoms with Crippen LogP contribution in [0.15, 0.2) is 18.2 Å². The topological polar surface area (TPSA) is 52.0 Å². The zero-order valence-electron chi connectivity index (χ0n) is 12.8. The van der Waals surface area contributed by atoms with E-state index in [1.54, 1.807) is 0 Å². The lowest BCUT2D eigenvalue weighted by Gasteiger charge is -2.30. The molecule has 2 atom stereocenters. The van der Waals surface area contributed by atoms with Crippen molar-refractivity contribution >= 4 is 11.4 Å². The second kappa shape index (κ2) is 6.43. The van der Waals surface area contributed by atoms with Gasteiger partial charge in [-0.15, -0.1) is 0 Å². The summed E-state index contributed by atoms with van der Waals surface area (Å²) >= 11 is 0. The molecule has 3 rings (SSSR count). The number of nitrogen functional groups attached to an aromatic ring is 2. The molecule has 0 bridgehead atoms. The quantitative estimate of drug-likeness (QED) is 0.599. The molecule has 0 aromatic heterocycles. The molecular formula is C19H26N2. The Morgan fingerprint density at radius 3 is 2.38 bits per heavy atom. The second-order valence-electron chi connectivity index (χ2n) is 6.78. The van der Waals surface area contributed by atoms with Crippen molar-refractivity contribution in [2.75, 3.05) is 11.5 Å². The molecule has 2 nitrogen and oxygen atoms in total. The fourth-order valence-electron chi connectivity index (χ4n) is 4.05. The molecule has 1 aromatic rings. The van der Waals surface area contributed by atoms with Crippen molar-refractivity contribution in [1.29, 1.82) is 0 Å². The molecule has 2 fully saturated rings. The Hall–Kier alpha value is -1.62. The number of hydrogen-bond acceptors (Lipinski definition) is 2. The van der Waals surface area contributed by atoms with Crippen molar-refractivity contribution in [3.05, 3.63) is 23.8 Å². The van der Waals surface area contributed by atoms with E-state index in [0.29, 0.717) is 17.3 Å². The van der Waals surface area contributed by atoms with Crippen LogP contribution in [0.2, 0.25) is 0 Å². The minimum absolute atomic E-state index is 0.572. The van der Waals surface area contributed by atoms with Gasteiger partial charge in [0.1, 0.15) is 0 Å². The summed E-state index contributed by atoms with van der Waals surface area (Å²) < 4.78 is 0. The average molecular weight is 282 g/mol. The van der Waals surface area contributed by atoms with Gasteiger partial charge < -0.3 is 11.5 Å². The highest BCUT2D eigenvalue weighted by atomic mass is 14.7. The maximum absolute atomic E-state index is 5.84. The van der Waals surface area contributed by atoms with Gasteiger partial charge in [-0.2, -0.15) is 0 Å². The normalized spacial score (nSPS) is 26.3. The SMILES string of the molecule is Nc1ccc(C#C[C@@H]2CCC[C@@H](C3CCCC3)C2)cc1N. The predicted octanol–water partition coefficient (Wildman–Crippen LogP) is 4.20. The summed E-state index contributed by atoms with van der Waals surface area (Å²) in [5, 5.41) is 0. The summed E-state index contributed by atoms with van der Waals surface area (Å²) in [7, 11) is 0. The van der Waals surface area contributed by atoms with Gasteiger partial charge in [-0.25, -0.2) is 0 Å². The van der Waals surface area contributed by atoms with Crippen LogP contribution in [0.5, 0.6) is 0 Å². The highest BCUT2D eigenvalue weighted by Crippen LogP contribution is 2.40. The van der Waals surface area contributed by atoms with Crippen LogP contribution in [-0.4, -0.2) is 0 Å². The third-order valence-electron chi connectivity index (χ3n) is 5.29. The molecule has 0 spiro atoms. The van der Waals surface area contributed by atoms with Crippen LogP contribution >= 0.6 is 0 Å². The molecule has 2 saturated carbocycles. The van der Waals surface area contributed by atoms with Crippen LogP contribution in [0.1, 0.15) is 56.9 Å². The van der Waals surface area contributed by atoms with Gasteiger partial charge in [0.05, 0.1) is 11.4 Å². The van der Waals surface area contributed by atoms with Crippen LogP contribution in [0.4, 0.5) is 11.4 Å². The lowest BCUT2D eigenvalue weighted by molar-refractivity contribution is 0.224. The lowest BCUT2D eigenvalue weighted by Crippen LogP contribution is -2.20. The molecule has 0 saturated heterocycles. The van der Waals surface area contributed by atoms with Gasteiger partial charge in [-0.05, 0) is 42.9 Å². The van der Waals surface area contributed by atoms with E-state index in [9.17, 15) is 0 Å². The maximum atomic E-state index is 5.84. The van der Waals surface area contributed by atoms with Crippen LogP contribution in [0.3, 0.4) is 0 Å². The van der Waals surface area contributed by atoms with E-state index in [4.69, 9.17) is 11.5 Å². The van der Waals surface area contributed by atoms with Gasteiger partial charge in [-0.3, -0.25) is 0 Å². The van der Waals surface area contributed by atoms with E-state index in [1.807, 2.05) is 18.2 Å². The third kappa shape index (κ3) is 3.53. The first-order valence-electron chi connectivity index (χ1n) is 8.39. The highest BCUT2D eigenvalue weighted by Gasteiger charge is 2.29. The summed E-state index contributed by atoms with van der Waals surface area (Å²) in [5.74, 6) is 9.29. The molecule has 0 amide bonds. The Kier molecular flexibility index (Phi) is 4.39. The largest absolute Gasteiger partial charge is 0.397 e. The Bertz CT molecular complexity index is 546. The van der Waals surface area contributed by atoms with Crippen LogP contribution in [0, 0.1) is 29.6 Å². The van der Waals surface area contributed by atoms with E-state index >= 15 is 0 Å². The monoisotopic (exact) mass is 282 g/mol. The Labute approximate surface area is 128 Å². The molecule has 0 heterocycles. The Morgan fingerprint density at radius 2 is 1.62 bits per heavy atom. The summed E-state index contributed by atoms with van der Waals surface area (Å²) in [6, 6.07) is 5.71. The van der Waals surface area contributed by atoms with E-state index in [0.717, 1.165) is 17.4 Å². The Morgan fingerprint density at radius 1 is 0.857 bits per heavy atom. The summed E-state index contributed by atoms with van der Waals surface area (Å²) in [4.78, 5) is 0. The first-order valence-corrected chi connectivity index (χ1v) is 8.39. The number of rotatable bonds is 1. The van der Waals surface area contributed by atoms with E-state index in [-0.39, 0.29) is 0 Å². The van der Waals surface area contributed by atoms with E-state index in [1.165, 1.54) is 51.4 Å². The van der Waals surface area contributed by atoms with Crippen molar-refractivity contribution < 1.29 is 0 Å². The molecular weight excluding hydrogens is 256 g/mol. The fourth-order valence-corrected chi connectivity index (χ4v) is 4.05. The zero-order chi connectivity index (χ0) is 14.7. The minimum atomic E-state index is 0.572. The average Bonchev–Trinajstić information content (AvgIpc) is 3.03. The van der Waals surface area contributed by atoms with Crippen molar-refractivity contribution in [3.63, 3.8) is 0 Å². The molecule has 2 heteroatoms. The molecule has 21 heavy (non-hydrogen) atoms. The number of benzene rings is 1. The van der Waals surface area contributed by atoms with Crippen LogP contribution < -0.4 is 11.5 Å². The molecule has 0 unspecified atom stereocenters. The van der Waals surface area contributed by atoms with Crippen LogP contribution in [0.25, 0.3) is 0 Å². The van der Waals surface area contributed by atoms with E-state index in [2.05, 4.69) is 11.8 Å². The smallest absolute Gasteiger partial charge is 0.0560 e. The van der Waals surface area contributed by atoms with Crippen molar-refractivity contribution in [2.24, 2.45) is 17.8 Å². The van der Waals surface area contributed by atoms with Gasteiger partial charge in [0.15, 0.2) is 0 Å². The third-order valence-corrected chi connectivity index (χ3v) is 5.29. The van der Waals surface area contributed by atoms with Gasteiger partial charge in [-0.1, -0.05) is 50.4 Å². The molecule has 0 radical (unpaired) electrons. The van der Waals surface area contributed by atoms with Gasteiger partial charge >= 0.3 is 0 Å². The molecule has 0 aliphatic heterocycles. The maximum Gasteiger partial charge on any atom is 0.0560 e. The zero-order valence-corrected chi connectivity index (χ0v) is 12.8. The predicted molar refractivity (Wildman–Crippen MR) is 89.6 cm³/mol. The summed E-state index contributed by atoms with van der Waals surface area (Å²) in [5.41, 5.74) is 13.8. The van der Waals surface area contributed by atoms with Crippen LogP contribution in [-0.2, 0) is 0 Å². The van der Waals surface area contributed by atoms with E-state index < -0.39 is 0 Å². The number of hydrogen-bond donors (Lipinski definition) is 2. The second-order valence-corrected chi connectivity index (χ2v) is 6.78.